The maximum absolute atomic E-state index is 10.6. The first-order valence-corrected chi connectivity index (χ1v) is 12.3. The van der Waals surface area contributed by atoms with Crippen LogP contribution in [-0.4, -0.2) is 80.6 Å². The summed E-state index contributed by atoms with van der Waals surface area (Å²) in [6.07, 6.45) is 4.47. The van der Waals surface area contributed by atoms with Crippen LogP contribution in [0.3, 0.4) is 0 Å². The second-order valence-corrected chi connectivity index (χ2v) is 9.52. The predicted octanol–water partition coefficient (Wildman–Crippen LogP) is 3.07. The number of aliphatic carboxylic acids is 2. The topological polar surface area (TPSA) is 104 Å². The van der Waals surface area contributed by atoms with Crippen LogP contribution in [0.2, 0.25) is 0 Å². The maximum atomic E-state index is 10.6. The van der Waals surface area contributed by atoms with Gasteiger partial charge in [-0.15, -0.1) is 0 Å². The lowest BCUT2D eigenvalue weighted by molar-refractivity contribution is -0.134. The van der Waals surface area contributed by atoms with Crippen LogP contribution in [-0.2, 0) is 14.3 Å². The number of rotatable bonds is 19. The monoisotopic (exact) mass is 428 g/mol. The first-order valence-electron chi connectivity index (χ1n) is 8.81. The van der Waals surface area contributed by atoms with Gasteiger partial charge in [0.2, 0.25) is 0 Å². The lowest BCUT2D eigenvalue weighted by atomic mass is 9.94. The van der Waals surface area contributed by atoms with Gasteiger partial charge in [0, 0.05) is 12.4 Å². The molecule has 0 aromatic heterocycles. The van der Waals surface area contributed by atoms with Gasteiger partial charge >= 0.3 is 11.9 Å². The Kier molecular flexibility index (Phi) is 17.0. The van der Waals surface area contributed by atoms with Crippen LogP contribution in [0.15, 0.2) is 0 Å². The van der Waals surface area contributed by atoms with Gasteiger partial charge in [0.15, 0.2) is 0 Å². The van der Waals surface area contributed by atoms with Crippen molar-refractivity contribution in [1.29, 1.82) is 0 Å². The fraction of sp³-hybridized carbons (Fsp3) is 0.882. The number of hydrogen-bond donors (Lipinski definition) is 3. The Hall–Kier alpha value is -0.0900. The summed E-state index contributed by atoms with van der Waals surface area (Å²) in [4.78, 5) is 21.1. The summed E-state index contributed by atoms with van der Waals surface area (Å²) in [5.41, 5.74) is -0.255. The first-order chi connectivity index (χ1) is 12.4. The summed E-state index contributed by atoms with van der Waals surface area (Å²) in [5.74, 6) is 1.99. The minimum Gasteiger partial charge on any atom is -0.481 e. The molecule has 0 unspecified atom stereocenters. The van der Waals surface area contributed by atoms with E-state index < -0.39 is 11.9 Å². The standard InChI is InChI=1S/C17H32O6S3/c1-17(5-2-9-25-13-15(19)20,6-3-10-26-14-16(21)22)23-8-4-11-24-12-7-18/h18H,2-14H2,1H3,(H,19,20)(H,21,22). The summed E-state index contributed by atoms with van der Waals surface area (Å²) in [6, 6.07) is 0. The van der Waals surface area contributed by atoms with Crippen LogP contribution in [0.25, 0.3) is 0 Å². The zero-order chi connectivity index (χ0) is 19.7. The van der Waals surface area contributed by atoms with Crippen LogP contribution in [0, 0.1) is 0 Å². The molecule has 26 heavy (non-hydrogen) atoms. The van der Waals surface area contributed by atoms with Gasteiger partial charge in [0.25, 0.3) is 0 Å². The third-order valence-electron chi connectivity index (χ3n) is 3.56. The number of aliphatic hydroxyl groups excluding tert-OH is 1. The van der Waals surface area contributed by atoms with Crippen LogP contribution in [0.5, 0.6) is 0 Å². The van der Waals surface area contributed by atoms with E-state index in [1.54, 1.807) is 11.8 Å². The van der Waals surface area contributed by atoms with Crippen molar-refractivity contribution in [2.75, 3.05) is 47.7 Å². The fourth-order valence-corrected chi connectivity index (χ4v) is 4.32. The highest BCUT2D eigenvalue weighted by Crippen LogP contribution is 2.26. The number of ether oxygens (including phenoxy) is 1. The van der Waals surface area contributed by atoms with E-state index in [-0.39, 0.29) is 23.7 Å². The zero-order valence-electron chi connectivity index (χ0n) is 15.5. The molecule has 3 N–H and O–H groups in total. The summed E-state index contributed by atoms with van der Waals surface area (Å²) in [6.45, 7) is 2.96. The molecule has 154 valence electrons. The Morgan fingerprint density at radius 1 is 0.846 bits per heavy atom. The van der Waals surface area contributed by atoms with Crippen LogP contribution in [0.1, 0.15) is 39.0 Å². The van der Waals surface area contributed by atoms with Gasteiger partial charge in [0.1, 0.15) is 0 Å². The van der Waals surface area contributed by atoms with Crippen molar-refractivity contribution in [3.05, 3.63) is 0 Å². The van der Waals surface area contributed by atoms with E-state index in [0.29, 0.717) is 6.61 Å². The number of aliphatic hydroxyl groups is 1. The molecule has 0 radical (unpaired) electrons. The van der Waals surface area contributed by atoms with E-state index in [1.165, 1.54) is 23.5 Å². The molecule has 0 aromatic rings. The lowest BCUT2D eigenvalue weighted by Gasteiger charge is -2.30. The molecule has 0 aliphatic heterocycles. The number of carboxylic acid groups (broad SMARTS) is 2. The van der Waals surface area contributed by atoms with Gasteiger partial charge in [-0.2, -0.15) is 35.3 Å². The smallest absolute Gasteiger partial charge is 0.313 e. The normalized spacial score (nSPS) is 11.6. The van der Waals surface area contributed by atoms with E-state index >= 15 is 0 Å². The average Bonchev–Trinajstić information content (AvgIpc) is 2.57. The molecule has 0 fully saturated rings. The minimum absolute atomic E-state index is 0.130. The quantitative estimate of drug-likeness (QED) is 0.268. The molecular weight excluding hydrogens is 396 g/mol. The molecule has 0 spiro atoms. The van der Waals surface area contributed by atoms with Gasteiger partial charge in [0.05, 0.1) is 23.7 Å². The van der Waals surface area contributed by atoms with Crippen molar-refractivity contribution in [2.45, 2.75) is 44.6 Å². The highest BCUT2D eigenvalue weighted by molar-refractivity contribution is 8.00. The molecule has 0 amide bonds. The molecule has 0 heterocycles. The Morgan fingerprint density at radius 3 is 1.81 bits per heavy atom. The summed E-state index contributed by atoms with van der Waals surface area (Å²) >= 11 is 4.56. The highest BCUT2D eigenvalue weighted by Gasteiger charge is 2.24. The Balaban J connectivity index is 4.13. The predicted molar refractivity (Wildman–Crippen MR) is 112 cm³/mol. The second kappa shape index (κ2) is 17.0. The van der Waals surface area contributed by atoms with Crippen molar-refractivity contribution in [1.82, 2.24) is 0 Å². The Bertz CT molecular complexity index is 358. The van der Waals surface area contributed by atoms with Crippen molar-refractivity contribution in [2.24, 2.45) is 0 Å². The van der Waals surface area contributed by atoms with Crippen molar-refractivity contribution < 1.29 is 29.6 Å². The molecule has 9 heteroatoms. The molecule has 0 aliphatic carbocycles. The number of thioether (sulfide) groups is 3. The first kappa shape index (κ1) is 25.9. The van der Waals surface area contributed by atoms with E-state index in [2.05, 4.69) is 6.92 Å². The number of carbonyl (C=O) groups is 2. The van der Waals surface area contributed by atoms with Crippen LogP contribution < -0.4 is 0 Å². The third kappa shape index (κ3) is 17.3. The zero-order valence-corrected chi connectivity index (χ0v) is 17.9. The maximum Gasteiger partial charge on any atom is 0.313 e. The molecule has 0 saturated heterocycles. The van der Waals surface area contributed by atoms with E-state index in [4.69, 9.17) is 20.1 Å². The third-order valence-corrected chi connectivity index (χ3v) is 6.66. The summed E-state index contributed by atoms with van der Waals surface area (Å²) < 4.78 is 6.14. The van der Waals surface area contributed by atoms with Crippen LogP contribution in [0.4, 0.5) is 0 Å². The molecule has 0 rings (SSSR count). The van der Waals surface area contributed by atoms with Crippen molar-refractivity contribution in [3.8, 4) is 0 Å². The van der Waals surface area contributed by atoms with E-state index in [9.17, 15) is 9.59 Å². The molecule has 0 aliphatic rings. The SMILES string of the molecule is CC(CCCSCC(=O)O)(CCCSCC(=O)O)OCCCSCCO. The fourth-order valence-electron chi connectivity index (χ4n) is 2.33. The number of hydrogen-bond acceptors (Lipinski definition) is 7. The summed E-state index contributed by atoms with van der Waals surface area (Å²) in [5, 5.41) is 26.1. The molecule has 0 bridgehead atoms. The Labute approximate surface area is 169 Å². The highest BCUT2D eigenvalue weighted by atomic mass is 32.2. The van der Waals surface area contributed by atoms with Gasteiger partial charge in [-0.1, -0.05) is 0 Å². The Morgan fingerprint density at radius 2 is 1.35 bits per heavy atom. The van der Waals surface area contributed by atoms with Gasteiger partial charge < -0.3 is 20.1 Å². The van der Waals surface area contributed by atoms with Crippen molar-refractivity contribution in [3.63, 3.8) is 0 Å². The molecule has 0 aromatic carbocycles. The molecule has 6 nitrogen and oxygen atoms in total. The second-order valence-electron chi connectivity index (χ2n) is 6.09. The van der Waals surface area contributed by atoms with Crippen LogP contribution >= 0.6 is 35.3 Å². The largest absolute Gasteiger partial charge is 0.481 e. The molecule has 0 saturated carbocycles. The van der Waals surface area contributed by atoms with Gasteiger partial charge in [-0.3, -0.25) is 9.59 Å². The number of carboxylic acids is 2. The lowest BCUT2D eigenvalue weighted by Crippen LogP contribution is -2.30. The van der Waals surface area contributed by atoms with E-state index in [1.807, 2.05) is 0 Å². The molecule has 0 atom stereocenters. The van der Waals surface area contributed by atoms with E-state index in [0.717, 1.165) is 55.1 Å². The molecular formula is C17H32O6S3. The average molecular weight is 429 g/mol. The van der Waals surface area contributed by atoms with Gasteiger partial charge in [-0.05, 0) is 56.3 Å². The summed E-state index contributed by atoms with van der Waals surface area (Å²) in [7, 11) is 0. The van der Waals surface area contributed by atoms with Gasteiger partial charge in [-0.25, -0.2) is 0 Å². The minimum atomic E-state index is -0.787. The van der Waals surface area contributed by atoms with Crippen molar-refractivity contribution >= 4 is 47.2 Å².